The molecule has 0 amide bonds. The quantitative estimate of drug-likeness (QED) is 0.775. The summed E-state index contributed by atoms with van der Waals surface area (Å²) < 4.78 is 23.1. The highest BCUT2D eigenvalue weighted by Gasteiger charge is 2.34. The van der Waals surface area contributed by atoms with Crippen molar-refractivity contribution < 1.29 is 8.42 Å². The van der Waals surface area contributed by atoms with E-state index in [-0.39, 0.29) is 11.3 Å². The maximum absolute atomic E-state index is 11.5. The molecular weight excluding hydrogens is 260 g/mol. The fourth-order valence-electron chi connectivity index (χ4n) is 2.75. The smallest absolute Gasteiger partial charge is 0.150 e. The third kappa shape index (κ3) is 4.72. The summed E-state index contributed by atoms with van der Waals surface area (Å²) in [5, 5.41) is 3.67. The molecule has 1 aliphatic heterocycles. The van der Waals surface area contributed by atoms with Gasteiger partial charge < -0.3 is 5.32 Å². The van der Waals surface area contributed by atoms with Crippen LogP contribution >= 0.6 is 0 Å². The van der Waals surface area contributed by atoms with Gasteiger partial charge in [0.25, 0.3) is 0 Å². The first-order chi connectivity index (χ1) is 8.88. The van der Waals surface area contributed by atoms with Gasteiger partial charge in [-0.1, -0.05) is 20.8 Å². The number of piperazine rings is 1. The van der Waals surface area contributed by atoms with Crippen LogP contribution in [0.15, 0.2) is 0 Å². The van der Waals surface area contributed by atoms with E-state index >= 15 is 0 Å². The molecule has 1 heterocycles. The highest BCUT2D eigenvalue weighted by molar-refractivity contribution is 7.91. The van der Waals surface area contributed by atoms with E-state index in [9.17, 15) is 8.42 Å². The number of rotatable bonds is 7. The third-order valence-corrected chi connectivity index (χ3v) is 6.39. The average Bonchev–Trinajstić information content (AvgIpc) is 2.41. The minimum Gasteiger partial charge on any atom is -0.308 e. The molecule has 0 aromatic heterocycles. The van der Waals surface area contributed by atoms with E-state index < -0.39 is 9.84 Å². The Balaban J connectivity index is 2.51. The Labute approximate surface area is 118 Å². The summed E-state index contributed by atoms with van der Waals surface area (Å²) in [7, 11) is -2.82. The lowest BCUT2D eigenvalue weighted by Gasteiger charge is -2.46. The summed E-state index contributed by atoms with van der Waals surface area (Å²) in [4.78, 5) is 2.45. The molecule has 19 heavy (non-hydrogen) atoms. The molecule has 0 radical (unpaired) electrons. The van der Waals surface area contributed by atoms with Crippen LogP contribution in [-0.4, -0.2) is 56.0 Å². The van der Waals surface area contributed by atoms with Crippen LogP contribution in [0.5, 0.6) is 0 Å². The second-order valence-electron chi connectivity index (χ2n) is 5.78. The number of nitrogens with zero attached hydrogens (tertiary/aromatic N) is 1. The SMILES string of the molecule is CCC1(CC)CN(CCCS(=O)(=O)CC)C(C)CN1. The van der Waals surface area contributed by atoms with Crippen LogP contribution in [0.4, 0.5) is 0 Å². The van der Waals surface area contributed by atoms with E-state index in [1.807, 2.05) is 0 Å². The highest BCUT2D eigenvalue weighted by Crippen LogP contribution is 2.22. The van der Waals surface area contributed by atoms with E-state index in [2.05, 4.69) is 31.0 Å². The maximum atomic E-state index is 11.5. The minimum absolute atomic E-state index is 0.218. The van der Waals surface area contributed by atoms with Crippen molar-refractivity contribution in [2.75, 3.05) is 31.1 Å². The zero-order valence-corrected chi connectivity index (χ0v) is 13.7. The molecule has 1 aliphatic rings. The monoisotopic (exact) mass is 290 g/mol. The van der Waals surface area contributed by atoms with Crippen molar-refractivity contribution in [1.82, 2.24) is 10.2 Å². The summed E-state index contributed by atoms with van der Waals surface area (Å²) >= 11 is 0. The van der Waals surface area contributed by atoms with E-state index in [0.717, 1.165) is 38.9 Å². The van der Waals surface area contributed by atoms with Crippen molar-refractivity contribution in [3.05, 3.63) is 0 Å². The highest BCUT2D eigenvalue weighted by atomic mass is 32.2. The van der Waals surface area contributed by atoms with Gasteiger partial charge in [-0.25, -0.2) is 8.42 Å². The first-order valence-corrected chi connectivity index (χ1v) is 9.39. The Hall–Kier alpha value is -0.130. The van der Waals surface area contributed by atoms with Crippen molar-refractivity contribution in [2.24, 2.45) is 0 Å². The fraction of sp³-hybridized carbons (Fsp3) is 1.00. The lowest BCUT2D eigenvalue weighted by Crippen LogP contribution is -2.63. The first-order valence-electron chi connectivity index (χ1n) is 7.57. The molecule has 1 N–H and O–H groups in total. The molecule has 1 fully saturated rings. The van der Waals surface area contributed by atoms with Crippen molar-refractivity contribution in [1.29, 1.82) is 0 Å². The molecular formula is C14H30N2O2S. The molecule has 0 aromatic rings. The molecule has 0 spiro atoms. The van der Waals surface area contributed by atoms with Gasteiger partial charge in [-0.3, -0.25) is 4.90 Å². The van der Waals surface area contributed by atoms with Gasteiger partial charge in [0.15, 0.2) is 0 Å². The van der Waals surface area contributed by atoms with Crippen molar-refractivity contribution in [3.63, 3.8) is 0 Å². The summed E-state index contributed by atoms with van der Waals surface area (Å²) in [6, 6.07) is 0.496. The Morgan fingerprint density at radius 1 is 1.26 bits per heavy atom. The number of hydrogen-bond donors (Lipinski definition) is 1. The molecule has 0 aliphatic carbocycles. The molecule has 114 valence electrons. The van der Waals surface area contributed by atoms with Crippen LogP contribution in [0.1, 0.15) is 47.0 Å². The normalized spacial score (nSPS) is 24.5. The fourth-order valence-corrected chi connectivity index (χ4v) is 3.61. The van der Waals surface area contributed by atoms with E-state index in [0.29, 0.717) is 11.8 Å². The van der Waals surface area contributed by atoms with Crippen LogP contribution in [0.25, 0.3) is 0 Å². The van der Waals surface area contributed by atoms with Crippen LogP contribution in [-0.2, 0) is 9.84 Å². The maximum Gasteiger partial charge on any atom is 0.150 e. The van der Waals surface area contributed by atoms with Crippen molar-refractivity contribution in [3.8, 4) is 0 Å². The number of hydrogen-bond acceptors (Lipinski definition) is 4. The summed E-state index contributed by atoms with van der Waals surface area (Å²) in [6.07, 6.45) is 3.00. The Morgan fingerprint density at radius 3 is 2.42 bits per heavy atom. The topological polar surface area (TPSA) is 49.4 Å². The van der Waals surface area contributed by atoms with Crippen LogP contribution < -0.4 is 5.32 Å². The standard InChI is InChI=1S/C14H30N2O2S/c1-5-14(6-2)12-16(13(4)11-15-14)9-8-10-19(17,18)7-3/h13,15H,5-12H2,1-4H3. The van der Waals surface area contributed by atoms with Gasteiger partial charge in [-0.05, 0) is 32.7 Å². The van der Waals surface area contributed by atoms with Gasteiger partial charge in [0.05, 0.1) is 5.75 Å². The van der Waals surface area contributed by atoms with Gasteiger partial charge >= 0.3 is 0 Å². The van der Waals surface area contributed by atoms with Crippen molar-refractivity contribution >= 4 is 9.84 Å². The van der Waals surface area contributed by atoms with Gasteiger partial charge in [0, 0.05) is 30.4 Å². The number of nitrogens with one attached hydrogen (secondary N) is 1. The molecule has 0 bridgehead atoms. The molecule has 0 aromatic carbocycles. The number of sulfone groups is 1. The largest absolute Gasteiger partial charge is 0.308 e. The van der Waals surface area contributed by atoms with Gasteiger partial charge in [-0.2, -0.15) is 0 Å². The van der Waals surface area contributed by atoms with Gasteiger partial charge in [0.1, 0.15) is 9.84 Å². The Kier molecular flexibility index (Phi) is 6.27. The van der Waals surface area contributed by atoms with Gasteiger partial charge in [0.2, 0.25) is 0 Å². The average molecular weight is 290 g/mol. The zero-order valence-electron chi connectivity index (χ0n) is 12.9. The van der Waals surface area contributed by atoms with Crippen LogP contribution in [0.3, 0.4) is 0 Å². The molecule has 4 nitrogen and oxygen atoms in total. The van der Waals surface area contributed by atoms with E-state index in [1.165, 1.54) is 0 Å². The minimum atomic E-state index is -2.82. The Bertz CT molecular complexity index is 364. The van der Waals surface area contributed by atoms with E-state index in [1.54, 1.807) is 6.92 Å². The predicted octanol–water partition coefficient (Wildman–Crippen LogP) is 1.66. The lowest BCUT2D eigenvalue weighted by molar-refractivity contribution is 0.0812. The van der Waals surface area contributed by atoms with Gasteiger partial charge in [-0.15, -0.1) is 0 Å². The van der Waals surface area contributed by atoms with E-state index in [4.69, 9.17) is 0 Å². The molecule has 0 saturated carbocycles. The van der Waals surface area contributed by atoms with Crippen molar-refractivity contribution in [2.45, 2.75) is 58.5 Å². The predicted molar refractivity (Wildman–Crippen MR) is 81.3 cm³/mol. The summed E-state index contributed by atoms with van der Waals surface area (Å²) in [5.74, 6) is 0.587. The zero-order chi connectivity index (χ0) is 14.5. The Morgan fingerprint density at radius 2 is 1.89 bits per heavy atom. The molecule has 1 unspecified atom stereocenters. The first kappa shape index (κ1) is 16.9. The van der Waals surface area contributed by atoms with Crippen LogP contribution in [0, 0.1) is 0 Å². The molecule has 1 atom stereocenters. The molecule has 5 heteroatoms. The third-order valence-electron chi connectivity index (χ3n) is 4.60. The molecule has 1 rings (SSSR count). The van der Waals surface area contributed by atoms with Crippen LogP contribution in [0.2, 0.25) is 0 Å². The second-order valence-corrected chi connectivity index (χ2v) is 8.25. The summed E-state index contributed by atoms with van der Waals surface area (Å²) in [5.41, 5.74) is 0.218. The molecule has 1 saturated heterocycles. The second kappa shape index (κ2) is 7.04. The summed E-state index contributed by atoms with van der Waals surface area (Å²) in [6.45, 7) is 11.3. The lowest BCUT2D eigenvalue weighted by atomic mass is 9.88.